The van der Waals surface area contributed by atoms with E-state index in [1.165, 1.54) is 0 Å². The smallest absolute Gasteiger partial charge is 0.252 e. The number of nitrogens with two attached hydrogens (primary N) is 1. The lowest BCUT2D eigenvalue weighted by Crippen LogP contribution is -2.28. The van der Waals surface area contributed by atoms with Crippen molar-refractivity contribution in [2.75, 3.05) is 24.6 Å². The number of carbonyl (C=O) groups excluding carboxylic acids is 1. The molecule has 0 heterocycles. The second-order valence-electron chi connectivity index (χ2n) is 4.24. The number of benzene rings is 1. The van der Waals surface area contributed by atoms with Gasteiger partial charge in [0.25, 0.3) is 5.91 Å². The van der Waals surface area contributed by atoms with Crippen molar-refractivity contribution in [1.29, 1.82) is 0 Å². The minimum Gasteiger partial charge on any atom is -0.351 e. The van der Waals surface area contributed by atoms with Crippen LogP contribution in [0.25, 0.3) is 0 Å². The number of carbonyl (C=O) groups is 1. The Labute approximate surface area is 122 Å². The first-order valence-corrected chi connectivity index (χ1v) is 8.00. The quantitative estimate of drug-likeness (QED) is 0.789. The van der Waals surface area contributed by atoms with Gasteiger partial charge in [0.1, 0.15) is 0 Å². The average Bonchev–Trinajstić information content (AvgIpc) is 2.44. The second-order valence-corrected chi connectivity index (χ2v) is 6.11. The van der Waals surface area contributed by atoms with Crippen molar-refractivity contribution < 1.29 is 9.00 Å². The van der Waals surface area contributed by atoms with Gasteiger partial charge in [-0.1, -0.05) is 24.8 Å². The molecule has 0 aliphatic rings. The van der Waals surface area contributed by atoms with Gasteiger partial charge in [-0.2, -0.15) is 0 Å². The van der Waals surface area contributed by atoms with Crippen LogP contribution in [0.3, 0.4) is 0 Å². The zero-order valence-corrected chi connectivity index (χ0v) is 12.7. The van der Waals surface area contributed by atoms with Gasteiger partial charge >= 0.3 is 0 Å². The van der Waals surface area contributed by atoms with Crippen molar-refractivity contribution in [3.8, 4) is 11.8 Å². The maximum Gasteiger partial charge on any atom is 0.252 e. The summed E-state index contributed by atoms with van der Waals surface area (Å²) in [6.45, 7) is 4.46. The minimum atomic E-state index is -0.873. The minimum absolute atomic E-state index is 0.195. The molecule has 20 heavy (non-hydrogen) atoms. The molecule has 108 valence electrons. The van der Waals surface area contributed by atoms with Crippen LogP contribution in [0.5, 0.6) is 0 Å². The molecule has 1 unspecified atom stereocenters. The van der Waals surface area contributed by atoms with E-state index in [2.05, 4.69) is 17.2 Å². The molecular weight excluding hydrogens is 272 g/mol. The van der Waals surface area contributed by atoms with Crippen LogP contribution in [0, 0.1) is 18.8 Å². The van der Waals surface area contributed by atoms with Crippen molar-refractivity contribution in [3.63, 3.8) is 0 Å². The van der Waals surface area contributed by atoms with E-state index in [-0.39, 0.29) is 12.5 Å². The van der Waals surface area contributed by atoms with Crippen LogP contribution >= 0.6 is 0 Å². The van der Waals surface area contributed by atoms with Gasteiger partial charge in [-0.05, 0) is 24.6 Å². The highest BCUT2D eigenvalue weighted by Crippen LogP contribution is 2.10. The molecule has 1 aromatic carbocycles. The monoisotopic (exact) mass is 292 g/mol. The van der Waals surface area contributed by atoms with Crippen molar-refractivity contribution >= 4 is 16.7 Å². The number of amides is 1. The lowest BCUT2D eigenvalue weighted by atomic mass is 10.0. The van der Waals surface area contributed by atoms with Gasteiger partial charge < -0.3 is 11.1 Å². The van der Waals surface area contributed by atoms with E-state index in [0.717, 1.165) is 5.56 Å². The van der Waals surface area contributed by atoms with E-state index in [0.29, 0.717) is 29.2 Å². The first kappa shape index (κ1) is 16.4. The molecule has 0 aliphatic carbocycles. The predicted octanol–water partition coefficient (Wildman–Crippen LogP) is 0.804. The molecule has 5 heteroatoms. The number of hydrogen-bond acceptors (Lipinski definition) is 3. The lowest BCUT2D eigenvalue weighted by molar-refractivity contribution is 0.0956. The van der Waals surface area contributed by atoms with Crippen molar-refractivity contribution in [3.05, 3.63) is 34.9 Å². The third-order valence-corrected chi connectivity index (χ3v) is 3.99. The molecular formula is C15H20N2O2S. The highest BCUT2D eigenvalue weighted by atomic mass is 32.2. The number of rotatable bonds is 5. The first-order valence-electron chi connectivity index (χ1n) is 6.51. The molecule has 1 rings (SSSR count). The van der Waals surface area contributed by atoms with E-state index in [9.17, 15) is 9.00 Å². The summed E-state index contributed by atoms with van der Waals surface area (Å²) in [6, 6.07) is 5.48. The van der Waals surface area contributed by atoms with E-state index in [1.807, 2.05) is 26.0 Å². The second kappa shape index (κ2) is 8.51. The molecule has 0 saturated carbocycles. The Bertz CT molecular complexity index is 559. The van der Waals surface area contributed by atoms with Crippen molar-refractivity contribution in [2.24, 2.45) is 5.73 Å². The Hall–Kier alpha value is -1.64. The summed E-state index contributed by atoms with van der Waals surface area (Å²) < 4.78 is 11.3. The Morgan fingerprint density at radius 2 is 2.20 bits per heavy atom. The summed E-state index contributed by atoms with van der Waals surface area (Å²) in [6.07, 6.45) is 0. The normalized spacial score (nSPS) is 11.3. The summed E-state index contributed by atoms with van der Waals surface area (Å²) in [5.41, 5.74) is 7.60. The van der Waals surface area contributed by atoms with Gasteiger partial charge in [-0.15, -0.1) is 0 Å². The molecule has 1 aromatic rings. The molecule has 0 spiro atoms. The van der Waals surface area contributed by atoms with Gasteiger partial charge in [0, 0.05) is 34.4 Å². The molecule has 1 atom stereocenters. The molecule has 0 aromatic heterocycles. The SMILES string of the molecule is CCS(=O)CCNC(=O)c1ccc(C)cc1C#CCN. The molecule has 1 amide bonds. The molecule has 0 saturated heterocycles. The molecule has 4 nitrogen and oxygen atoms in total. The standard InChI is InChI=1S/C15H20N2O2S/c1-3-20(19)10-9-17-15(18)14-7-6-12(2)11-13(14)5-4-8-16/h6-7,11H,3,8-10,16H2,1-2H3,(H,17,18). The fourth-order valence-corrected chi connectivity index (χ4v) is 2.24. The molecule has 3 N–H and O–H groups in total. The van der Waals surface area contributed by atoms with Crippen LogP contribution in [-0.2, 0) is 10.8 Å². The van der Waals surface area contributed by atoms with Crippen LogP contribution in [0.2, 0.25) is 0 Å². The first-order chi connectivity index (χ1) is 9.58. The molecule has 0 radical (unpaired) electrons. The van der Waals surface area contributed by atoms with Crippen molar-refractivity contribution in [2.45, 2.75) is 13.8 Å². The summed E-state index contributed by atoms with van der Waals surface area (Å²) in [5, 5.41) is 2.77. The fourth-order valence-electron chi connectivity index (χ4n) is 1.62. The maximum absolute atomic E-state index is 12.1. The van der Waals surface area contributed by atoms with Crippen LogP contribution in [-0.4, -0.2) is 34.7 Å². The molecule has 0 aliphatic heterocycles. The Morgan fingerprint density at radius 3 is 2.85 bits per heavy atom. The van der Waals surface area contributed by atoms with Gasteiger partial charge in [-0.25, -0.2) is 0 Å². The maximum atomic E-state index is 12.1. The number of nitrogens with one attached hydrogen (secondary N) is 1. The highest BCUT2D eigenvalue weighted by molar-refractivity contribution is 7.84. The van der Waals surface area contributed by atoms with Gasteiger partial charge in [0.05, 0.1) is 12.1 Å². The lowest BCUT2D eigenvalue weighted by Gasteiger charge is -2.07. The van der Waals surface area contributed by atoms with Gasteiger partial charge in [-0.3, -0.25) is 9.00 Å². The van der Waals surface area contributed by atoms with E-state index in [4.69, 9.17) is 5.73 Å². The molecule has 0 bridgehead atoms. The Kier molecular flexibility index (Phi) is 6.99. The van der Waals surface area contributed by atoms with Gasteiger partial charge in [0.15, 0.2) is 0 Å². The van der Waals surface area contributed by atoms with Gasteiger partial charge in [0.2, 0.25) is 0 Å². The average molecular weight is 292 g/mol. The predicted molar refractivity (Wildman–Crippen MR) is 83.0 cm³/mol. The van der Waals surface area contributed by atoms with E-state index in [1.54, 1.807) is 6.07 Å². The van der Waals surface area contributed by atoms with Crippen LogP contribution in [0.4, 0.5) is 0 Å². The summed E-state index contributed by atoms with van der Waals surface area (Å²) in [5.74, 6) is 6.55. The summed E-state index contributed by atoms with van der Waals surface area (Å²) in [7, 11) is -0.873. The number of hydrogen-bond donors (Lipinski definition) is 2. The van der Waals surface area contributed by atoms with Crippen LogP contribution in [0.1, 0.15) is 28.4 Å². The third kappa shape index (κ3) is 5.16. The fraction of sp³-hybridized carbons (Fsp3) is 0.400. The van der Waals surface area contributed by atoms with E-state index >= 15 is 0 Å². The van der Waals surface area contributed by atoms with Crippen molar-refractivity contribution in [1.82, 2.24) is 5.32 Å². The topological polar surface area (TPSA) is 72.2 Å². The Morgan fingerprint density at radius 1 is 1.45 bits per heavy atom. The molecule has 0 fully saturated rings. The Balaban J connectivity index is 2.79. The number of aryl methyl sites for hydroxylation is 1. The summed E-state index contributed by atoms with van der Waals surface area (Å²) in [4.78, 5) is 12.1. The third-order valence-electron chi connectivity index (χ3n) is 2.68. The zero-order chi connectivity index (χ0) is 15.0. The van der Waals surface area contributed by atoms with E-state index < -0.39 is 10.8 Å². The largest absolute Gasteiger partial charge is 0.351 e. The zero-order valence-electron chi connectivity index (χ0n) is 11.9. The van der Waals surface area contributed by atoms with Crippen LogP contribution in [0.15, 0.2) is 18.2 Å². The highest BCUT2D eigenvalue weighted by Gasteiger charge is 2.10. The summed E-state index contributed by atoms with van der Waals surface area (Å²) >= 11 is 0. The van der Waals surface area contributed by atoms with Crippen LogP contribution < -0.4 is 11.1 Å².